The predicted octanol–water partition coefficient (Wildman–Crippen LogP) is 2.96. The van der Waals surface area contributed by atoms with Crippen LogP contribution in [0.1, 0.15) is 22.5 Å². The van der Waals surface area contributed by atoms with Crippen LogP contribution in [-0.4, -0.2) is 14.8 Å². The molecule has 2 N–H and O–H groups in total. The molecule has 0 unspecified atom stereocenters. The van der Waals surface area contributed by atoms with Crippen LogP contribution in [0.15, 0.2) is 59.4 Å². The van der Waals surface area contributed by atoms with Gasteiger partial charge in [-0.2, -0.15) is 13.9 Å². The molecule has 0 aliphatic rings. The Morgan fingerprint density at radius 2 is 1.41 bits per heavy atom. The van der Waals surface area contributed by atoms with Crippen LogP contribution in [0.2, 0.25) is 0 Å². The van der Waals surface area contributed by atoms with E-state index >= 15 is 0 Å². The summed E-state index contributed by atoms with van der Waals surface area (Å²) in [5.41, 5.74) is 3.00. The van der Waals surface area contributed by atoms with Gasteiger partial charge >= 0.3 is 5.69 Å². The highest BCUT2D eigenvalue weighted by Crippen LogP contribution is 2.15. The molecule has 136 valence electrons. The number of rotatable bonds is 4. The van der Waals surface area contributed by atoms with Crippen LogP contribution in [0.3, 0.4) is 0 Å². The predicted molar refractivity (Wildman–Crippen MR) is 107 cm³/mol. The van der Waals surface area contributed by atoms with E-state index in [-0.39, 0.29) is 17.2 Å². The van der Waals surface area contributed by atoms with Gasteiger partial charge in [0, 0.05) is 6.07 Å². The van der Waals surface area contributed by atoms with Gasteiger partial charge in [-0.05, 0) is 47.5 Å². The third-order valence-corrected chi connectivity index (χ3v) is 4.28. The third kappa shape index (κ3) is 4.33. The van der Waals surface area contributed by atoms with Crippen LogP contribution in [0, 0.1) is 0 Å². The Bertz CT molecular complexity index is 1010. The van der Waals surface area contributed by atoms with Gasteiger partial charge < -0.3 is 10.2 Å². The van der Waals surface area contributed by atoms with E-state index in [0.717, 1.165) is 22.5 Å². The minimum absolute atomic E-state index is 0.149. The Morgan fingerprint density at radius 3 is 1.96 bits per heavy atom. The van der Waals surface area contributed by atoms with Crippen LogP contribution in [0.25, 0.3) is 24.3 Å². The zero-order valence-corrected chi connectivity index (χ0v) is 15.2. The summed E-state index contributed by atoms with van der Waals surface area (Å²) in [6, 6.07) is 15.7. The van der Waals surface area contributed by atoms with Crippen molar-refractivity contribution >= 4 is 24.3 Å². The molecular formula is C22H21N2O3+. The second-order valence-electron chi connectivity index (χ2n) is 6.25. The molecular weight excluding hydrogens is 340 g/mol. The Labute approximate surface area is 157 Å². The van der Waals surface area contributed by atoms with E-state index < -0.39 is 0 Å². The van der Waals surface area contributed by atoms with Crippen molar-refractivity contribution in [1.82, 2.24) is 4.57 Å². The Morgan fingerprint density at radius 1 is 0.852 bits per heavy atom. The molecule has 0 spiro atoms. The summed E-state index contributed by atoms with van der Waals surface area (Å²) in [4.78, 5) is 12.5. The number of benzene rings is 2. The molecule has 5 nitrogen and oxygen atoms in total. The molecule has 5 heteroatoms. The fraction of sp³-hybridized carbons (Fsp3) is 0.0909. The van der Waals surface area contributed by atoms with E-state index in [2.05, 4.69) is 0 Å². The average Bonchev–Trinajstić information content (AvgIpc) is 2.65. The third-order valence-electron chi connectivity index (χ3n) is 4.28. The molecule has 0 aliphatic heterocycles. The molecule has 27 heavy (non-hydrogen) atoms. The van der Waals surface area contributed by atoms with E-state index in [1.54, 1.807) is 59.6 Å². The lowest BCUT2D eigenvalue weighted by Crippen LogP contribution is -2.53. The van der Waals surface area contributed by atoms with Crippen LogP contribution >= 0.6 is 0 Å². The van der Waals surface area contributed by atoms with Crippen molar-refractivity contribution in [2.45, 2.75) is 0 Å². The number of phenols is 2. The van der Waals surface area contributed by atoms with Crippen LogP contribution in [0.4, 0.5) is 0 Å². The number of aromatic hydroxyl groups is 2. The first kappa shape index (κ1) is 18.2. The lowest BCUT2D eigenvalue weighted by atomic mass is 10.1. The molecule has 0 fully saturated rings. The molecule has 0 saturated heterocycles. The van der Waals surface area contributed by atoms with Gasteiger partial charge in [-0.1, -0.05) is 36.4 Å². The molecule has 0 amide bonds. The zero-order chi connectivity index (χ0) is 19.4. The van der Waals surface area contributed by atoms with E-state index in [9.17, 15) is 15.0 Å². The summed E-state index contributed by atoms with van der Waals surface area (Å²) in [5, 5.41) is 19.1. The Hall–Kier alpha value is -3.60. The molecule has 0 bridgehead atoms. The van der Waals surface area contributed by atoms with Crippen LogP contribution in [-0.2, 0) is 14.1 Å². The normalized spacial score (nSPS) is 11.5. The fourth-order valence-electron chi connectivity index (χ4n) is 2.73. The molecule has 1 aromatic heterocycles. The number of hydrogen-bond acceptors (Lipinski definition) is 3. The highest BCUT2D eigenvalue weighted by Gasteiger charge is 2.13. The lowest BCUT2D eigenvalue weighted by molar-refractivity contribution is -0.692. The van der Waals surface area contributed by atoms with E-state index in [4.69, 9.17) is 0 Å². The minimum Gasteiger partial charge on any atom is -0.508 e. The summed E-state index contributed by atoms with van der Waals surface area (Å²) >= 11 is 0. The van der Waals surface area contributed by atoms with Crippen molar-refractivity contribution < 1.29 is 14.8 Å². The summed E-state index contributed by atoms with van der Waals surface area (Å²) in [7, 11) is 3.43. The molecule has 0 aliphatic carbocycles. The van der Waals surface area contributed by atoms with Crippen LogP contribution in [0.5, 0.6) is 11.5 Å². The molecule has 0 radical (unpaired) electrons. The fourth-order valence-corrected chi connectivity index (χ4v) is 2.73. The zero-order valence-electron chi connectivity index (χ0n) is 15.2. The van der Waals surface area contributed by atoms with Gasteiger partial charge in [0.25, 0.3) is 0 Å². The van der Waals surface area contributed by atoms with Gasteiger partial charge in [-0.15, -0.1) is 0 Å². The van der Waals surface area contributed by atoms with Gasteiger partial charge in [0.1, 0.15) is 22.9 Å². The number of aromatic nitrogens is 2. The number of nitrogens with zero attached hydrogens (tertiary/aromatic N) is 2. The minimum atomic E-state index is -0.149. The average molecular weight is 361 g/mol. The van der Waals surface area contributed by atoms with Gasteiger partial charge in [0.15, 0.2) is 0 Å². The molecule has 3 aromatic rings. The van der Waals surface area contributed by atoms with Crippen molar-refractivity contribution in [2.24, 2.45) is 14.1 Å². The highest BCUT2D eigenvalue weighted by molar-refractivity contribution is 5.71. The van der Waals surface area contributed by atoms with E-state index in [1.165, 1.54) is 0 Å². The smallest absolute Gasteiger partial charge is 0.498 e. The first-order valence-electron chi connectivity index (χ1n) is 8.48. The standard InChI is InChI=1S/C22H20N2O3/c1-23-18(11-9-16-5-3-7-20(25)13-16)15-19(24(2)22(23)27)12-10-17-6-4-8-21(26)14-17/h3-15H,1-2H3,(H-,25,26)/p+1/b11-9+,12-10+. The van der Waals surface area contributed by atoms with Gasteiger partial charge in [-0.25, -0.2) is 0 Å². The monoisotopic (exact) mass is 361 g/mol. The molecule has 1 heterocycles. The van der Waals surface area contributed by atoms with E-state index in [0.29, 0.717) is 0 Å². The van der Waals surface area contributed by atoms with Crippen molar-refractivity contribution in [3.8, 4) is 11.5 Å². The van der Waals surface area contributed by atoms with Gasteiger partial charge in [0.2, 0.25) is 0 Å². The number of hydrogen-bond donors (Lipinski definition) is 2. The highest BCUT2D eigenvalue weighted by atomic mass is 16.3. The van der Waals surface area contributed by atoms with Gasteiger partial charge in [0.05, 0.1) is 14.1 Å². The maximum atomic E-state index is 12.5. The van der Waals surface area contributed by atoms with Crippen molar-refractivity contribution in [3.05, 3.63) is 87.6 Å². The SMILES string of the molecule is Cn1c(/C=C/c2cccc(O)c2)cc(/C=C/c2cccc(O)c2)[n+](C)c1=O. The van der Waals surface area contributed by atoms with Crippen LogP contribution < -0.4 is 10.3 Å². The quantitative estimate of drug-likeness (QED) is 0.702. The van der Waals surface area contributed by atoms with E-state index in [1.807, 2.05) is 42.5 Å². The summed E-state index contributed by atoms with van der Waals surface area (Å²) < 4.78 is 3.12. The molecule has 3 rings (SSSR count). The lowest BCUT2D eigenvalue weighted by Gasteiger charge is -2.03. The second kappa shape index (κ2) is 7.74. The topological polar surface area (TPSA) is 66.3 Å². The van der Waals surface area contributed by atoms with Crippen molar-refractivity contribution in [2.75, 3.05) is 0 Å². The summed E-state index contributed by atoms with van der Waals surface area (Å²) in [6.45, 7) is 0. The Balaban J connectivity index is 1.97. The van der Waals surface area contributed by atoms with Gasteiger partial charge in [-0.3, -0.25) is 0 Å². The summed E-state index contributed by atoms with van der Waals surface area (Å²) in [6.07, 6.45) is 7.36. The largest absolute Gasteiger partial charge is 0.508 e. The first-order valence-corrected chi connectivity index (χ1v) is 8.48. The van der Waals surface area contributed by atoms with Crippen molar-refractivity contribution in [1.29, 1.82) is 0 Å². The number of phenolic OH excluding ortho intramolecular Hbond substituents is 2. The second-order valence-corrected chi connectivity index (χ2v) is 6.25. The maximum Gasteiger partial charge on any atom is 0.498 e. The van der Waals surface area contributed by atoms with Crippen molar-refractivity contribution in [3.63, 3.8) is 0 Å². The summed E-state index contributed by atoms with van der Waals surface area (Å²) in [5.74, 6) is 0.389. The molecule has 2 aromatic carbocycles. The Kier molecular flexibility index (Phi) is 5.22. The molecule has 0 atom stereocenters. The first-order chi connectivity index (χ1) is 12.9. The molecule has 0 saturated carbocycles. The maximum absolute atomic E-state index is 12.5.